The molecule has 7 nitrogen and oxygen atoms in total. The average molecular weight is 388 g/mol. The van der Waals surface area contributed by atoms with Crippen molar-refractivity contribution in [2.45, 2.75) is 38.5 Å². The third-order valence-electron chi connectivity index (χ3n) is 6.18. The molecule has 29 heavy (non-hydrogen) atoms. The smallest absolute Gasteiger partial charge is 0.208 e. The molecule has 0 radical (unpaired) electrons. The Morgan fingerprint density at radius 2 is 1.90 bits per heavy atom. The number of benzene rings is 1. The van der Waals surface area contributed by atoms with Crippen LogP contribution in [-0.4, -0.2) is 44.7 Å². The van der Waals surface area contributed by atoms with Gasteiger partial charge in [-0.2, -0.15) is 5.21 Å². The Labute approximate surface area is 169 Å². The number of allylic oxidation sites excluding steroid dienone is 3. The monoisotopic (exact) mass is 388 g/mol. The van der Waals surface area contributed by atoms with Crippen molar-refractivity contribution in [3.8, 4) is 5.75 Å². The molecule has 0 saturated heterocycles. The summed E-state index contributed by atoms with van der Waals surface area (Å²) < 4.78 is 0. The minimum absolute atomic E-state index is 0.177. The largest absolute Gasteiger partial charge is 0.508 e. The summed E-state index contributed by atoms with van der Waals surface area (Å²) in [5.41, 5.74) is 5.44. The molecular weight excluding hydrogens is 364 g/mol. The quantitative estimate of drug-likeness (QED) is 0.835. The van der Waals surface area contributed by atoms with E-state index in [1.165, 1.54) is 37.7 Å². The van der Waals surface area contributed by atoms with Crippen molar-refractivity contribution in [1.29, 1.82) is 0 Å². The molecule has 2 aliphatic heterocycles. The van der Waals surface area contributed by atoms with Crippen LogP contribution in [0.25, 0.3) is 11.1 Å². The third kappa shape index (κ3) is 3.41. The summed E-state index contributed by atoms with van der Waals surface area (Å²) in [5, 5.41) is 24.7. The van der Waals surface area contributed by atoms with Gasteiger partial charge in [0.25, 0.3) is 0 Å². The van der Waals surface area contributed by atoms with Crippen LogP contribution < -0.4 is 0 Å². The summed E-state index contributed by atoms with van der Waals surface area (Å²) in [5.74, 6) is 1.52. The van der Waals surface area contributed by atoms with E-state index in [4.69, 9.17) is 4.99 Å². The minimum atomic E-state index is 0.177. The van der Waals surface area contributed by atoms with Crippen molar-refractivity contribution < 1.29 is 5.11 Å². The summed E-state index contributed by atoms with van der Waals surface area (Å²) in [6, 6.07) is 7.51. The molecule has 0 bridgehead atoms. The van der Waals surface area contributed by atoms with Gasteiger partial charge in [0, 0.05) is 30.5 Å². The number of rotatable bonds is 3. The lowest BCUT2D eigenvalue weighted by Crippen LogP contribution is -2.23. The fraction of sp³-hybridized carbons (Fsp3) is 0.409. The molecule has 1 saturated carbocycles. The SMILES string of the molecule is Oc1cccc(C2=C(C3CCCCC3)[C@@H]3CCN=CC(c4nn[nH]n4)=C3N=C2)c1. The highest BCUT2D eigenvalue weighted by molar-refractivity contribution is 6.16. The molecule has 2 N–H and O–H groups in total. The summed E-state index contributed by atoms with van der Waals surface area (Å²) >= 11 is 0. The van der Waals surface area contributed by atoms with Gasteiger partial charge in [-0.1, -0.05) is 31.4 Å². The predicted octanol–water partition coefficient (Wildman–Crippen LogP) is 3.83. The van der Waals surface area contributed by atoms with Gasteiger partial charge < -0.3 is 5.11 Å². The number of hydrogen-bond acceptors (Lipinski definition) is 6. The highest BCUT2D eigenvalue weighted by Crippen LogP contribution is 2.45. The number of hydrogen-bond donors (Lipinski definition) is 2. The number of nitrogens with one attached hydrogen (secondary N) is 1. The fourth-order valence-corrected chi connectivity index (χ4v) is 4.89. The van der Waals surface area contributed by atoms with Gasteiger partial charge in [-0.25, -0.2) is 0 Å². The van der Waals surface area contributed by atoms with E-state index in [1.807, 2.05) is 24.6 Å². The topological polar surface area (TPSA) is 99.4 Å². The molecule has 3 aliphatic rings. The first-order valence-electron chi connectivity index (χ1n) is 10.4. The molecule has 7 heteroatoms. The standard InChI is InChI=1S/C22H24N6O/c29-16-8-4-7-15(11-16)18-13-24-21-17(20(18)14-5-2-1-3-6-14)9-10-23-12-19(21)22-25-27-28-26-22/h4,7-8,11-14,17,29H,1-3,5-6,9-10H2,(H,25,26,27,28)/t17-/m0/s1. The Morgan fingerprint density at radius 3 is 2.69 bits per heavy atom. The zero-order valence-corrected chi connectivity index (χ0v) is 16.3. The van der Waals surface area contributed by atoms with E-state index in [-0.39, 0.29) is 11.7 Å². The number of tetrazole rings is 1. The van der Waals surface area contributed by atoms with Crippen molar-refractivity contribution in [3.05, 3.63) is 46.9 Å². The van der Waals surface area contributed by atoms with Crippen molar-refractivity contribution in [2.75, 3.05) is 6.54 Å². The Kier molecular flexibility index (Phi) is 4.79. The second-order valence-corrected chi connectivity index (χ2v) is 7.92. The number of phenols is 1. The molecule has 1 fully saturated rings. The number of dihydropyridines is 1. The molecule has 1 aliphatic carbocycles. The molecule has 5 rings (SSSR count). The van der Waals surface area contributed by atoms with Crippen LogP contribution in [0.1, 0.15) is 49.9 Å². The molecule has 0 amide bonds. The van der Waals surface area contributed by atoms with E-state index >= 15 is 0 Å². The Bertz CT molecular complexity index is 1010. The van der Waals surface area contributed by atoms with E-state index in [2.05, 4.69) is 31.7 Å². The van der Waals surface area contributed by atoms with Crippen molar-refractivity contribution in [1.82, 2.24) is 20.6 Å². The molecule has 3 heterocycles. The van der Waals surface area contributed by atoms with Gasteiger partial charge in [0.05, 0.1) is 11.3 Å². The van der Waals surface area contributed by atoms with Crippen LogP contribution in [-0.2, 0) is 0 Å². The fourth-order valence-electron chi connectivity index (χ4n) is 4.89. The van der Waals surface area contributed by atoms with E-state index in [0.29, 0.717) is 11.7 Å². The van der Waals surface area contributed by atoms with Crippen LogP contribution in [0.15, 0.2) is 45.5 Å². The number of fused-ring (bicyclic) bond motifs is 1. The van der Waals surface area contributed by atoms with Crippen LogP contribution >= 0.6 is 0 Å². The van der Waals surface area contributed by atoms with Crippen molar-refractivity contribution >= 4 is 23.6 Å². The first-order valence-corrected chi connectivity index (χ1v) is 10.4. The maximum Gasteiger partial charge on any atom is 0.208 e. The lowest BCUT2D eigenvalue weighted by Gasteiger charge is -2.34. The zero-order valence-electron chi connectivity index (χ0n) is 16.3. The summed E-state index contributed by atoms with van der Waals surface area (Å²) in [7, 11) is 0. The van der Waals surface area contributed by atoms with Gasteiger partial charge in [-0.3, -0.25) is 9.98 Å². The number of aromatic amines is 1. The molecule has 0 unspecified atom stereocenters. The first kappa shape index (κ1) is 18.0. The predicted molar refractivity (Wildman–Crippen MR) is 113 cm³/mol. The normalized spacial score (nSPS) is 22.7. The third-order valence-corrected chi connectivity index (χ3v) is 6.18. The van der Waals surface area contributed by atoms with E-state index < -0.39 is 0 Å². The van der Waals surface area contributed by atoms with Gasteiger partial charge in [0.2, 0.25) is 5.82 Å². The van der Waals surface area contributed by atoms with Crippen molar-refractivity contribution in [3.63, 3.8) is 0 Å². The molecular formula is C22H24N6O. The minimum Gasteiger partial charge on any atom is -0.508 e. The first-order chi connectivity index (χ1) is 14.3. The summed E-state index contributed by atoms with van der Waals surface area (Å²) in [4.78, 5) is 9.47. The number of aliphatic imine (C=N–C) groups is 2. The van der Waals surface area contributed by atoms with Crippen LogP contribution in [0, 0.1) is 11.8 Å². The number of nitrogens with zero attached hydrogens (tertiary/aromatic N) is 5. The lowest BCUT2D eigenvalue weighted by atomic mass is 9.72. The van der Waals surface area contributed by atoms with Gasteiger partial charge in [-0.15, -0.1) is 10.2 Å². The molecule has 0 spiro atoms. The van der Waals surface area contributed by atoms with Gasteiger partial charge in [0.1, 0.15) is 5.75 Å². The Hall–Kier alpha value is -3.09. The molecule has 148 valence electrons. The Balaban J connectivity index is 1.68. The maximum atomic E-state index is 10.1. The Morgan fingerprint density at radius 1 is 1.00 bits per heavy atom. The lowest BCUT2D eigenvalue weighted by molar-refractivity contribution is 0.377. The van der Waals surface area contributed by atoms with Gasteiger partial charge in [-0.05, 0) is 53.7 Å². The van der Waals surface area contributed by atoms with Gasteiger partial charge in [0.15, 0.2) is 0 Å². The van der Waals surface area contributed by atoms with Gasteiger partial charge >= 0.3 is 0 Å². The van der Waals surface area contributed by atoms with Crippen LogP contribution in [0.4, 0.5) is 0 Å². The van der Waals surface area contributed by atoms with Crippen molar-refractivity contribution in [2.24, 2.45) is 21.8 Å². The van der Waals surface area contributed by atoms with E-state index in [0.717, 1.165) is 35.4 Å². The van der Waals surface area contributed by atoms with Crippen LogP contribution in [0.2, 0.25) is 0 Å². The number of phenolic OH excluding ortho intramolecular Hbond substituents is 1. The molecule has 1 aromatic carbocycles. The maximum absolute atomic E-state index is 10.1. The zero-order chi connectivity index (χ0) is 19.6. The molecule has 1 aromatic heterocycles. The van der Waals surface area contributed by atoms with E-state index in [1.54, 1.807) is 6.07 Å². The number of aromatic nitrogens is 4. The highest BCUT2D eigenvalue weighted by atomic mass is 16.3. The highest BCUT2D eigenvalue weighted by Gasteiger charge is 2.34. The second-order valence-electron chi connectivity index (χ2n) is 7.92. The van der Waals surface area contributed by atoms with Crippen LogP contribution in [0.3, 0.4) is 0 Å². The molecule has 2 aromatic rings. The van der Waals surface area contributed by atoms with E-state index in [9.17, 15) is 5.11 Å². The molecule has 1 atom stereocenters. The summed E-state index contributed by atoms with van der Waals surface area (Å²) in [6.45, 7) is 0.745. The number of H-pyrrole nitrogens is 1. The number of aromatic hydroxyl groups is 1. The average Bonchev–Trinajstić information content (AvgIpc) is 3.20. The second kappa shape index (κ2) is 7.73. The van der Waals surface area contributed by atoms with Crippen LogP contribution in [0.5, 0.6) is 5.75 Å². The summed E-state index contributed by atoms with van der Waals surface area (Å²) in [6.07, 6.45) is 11.0.